The monoisotopic (exact) mass is 410 g/mol. The summed E-state index contributed by atoms with van der Waals surface area (Å²) in [5, 5.41) is 12.3. The Balaban J connectivity index is 1.62. The minimum absolute atomic E-state index is 0.00945. The molecule has 1 heterocycles. The highest BCUT2D eigenvalue weighted by Crippen LogP contribution is 2.23. The molecule has 3 rings (SSSR count). The van der Waals surface area contributed by atoms with E-state index in [-0.39, 0.29) is 23.8 Å². The smallest absolute Gasteiger partial charge is 0.244 e. The number of nitrogens with zero attached hydrogens (tertiary/aromatic N) is 3. The van der Waals surface area contributed by atoms with Crippen LogP contribution in [-0.4, -0.2) is 48.4 Å². The number of rotatable bonds is 7. The van der Waals surface area contributed by atoms with Crippen LogP contribution in [0.15, 0.2) is 30.3 Å². The van der Waals surface area contributed by atoms with E-state index in [1.807, 2.05) is 37.3 Å². The van der Waals surface area contributed by atoms with E-state index in [1.54, 1.807) is 4.90 Å². The van der Waals surface area contributed by atoms with Crippen LogP contribution in [0.5, 0.6) is 0 Å². The Bertz CT molecular complexity index is 739. The first-order chi connectivity index (χ1) is 14.6. The predicted molar refractivity (Wildman–Crippen MR) is 118 cm³/mol. The molecular weight excluding hydrogens is 376 g/mol. The van der Waals surface area contributed by atoms with Gasteiger partial charge in [-0.15, -0.1) is 0 Å². The SMILES string of the molecule is CC(C(=O)N(CCC#N)c1ccccc1)N1CCCC(C(=O)NC2CCCCC2)C1. The van der Waals surface area contributed by atoms with E-state index < -0.39 is 0 Å². The van der Waals surface area contributed by atoms with E-state index in [1.165, 1.54) is 19.3 Å². The molecule has 1 aliphatic carbocycles. The van der Waals surface area contributed by atoms with Gasteiger partial charge in [0.1, 0.15) is 0 Å². The van der Waals surface area contributed by atoms with Crippen LogP contribution < -0.4 is 10.2 Å². The average Bonchev–Trinajstić information content (AvgIpc) is 2.80. The minimum atomic E-state index is -0.325. The number of likely N-dealkylation sites (tertiary alicyclic amines) is 1. The van der Waals surface area contributed by atoms with Crippen molar-refractivity contribution in [1.82, 2.24) is 10.2 Å². The summed E-state index contributed by atoms with van der Waals surface area (Å²) in [6, 6.07) is 11.7. The number of carbonyl (C=O) groups is 2. The normalized spacial score (nSPS) is 21.4. The lowest BCUT2D eigenvalue weighted by molar-refractivity contribution is -0.130. The van der Waals surface area contributed by atoms with Crippen LogP contribution in [-0.2, 0) is 9.59 Å². The van der Waals surface area contributed by atoms with Gasteiger partial charge in [-0.2, -0.15) is 5.26 Å². The highest BCUT2D eigenvalue weighted by Gasteiger charge is 2.33. The highest BCUT2D eigenvalue weighted by atomic mass is 16.2. The number of carbonyl (C=O) groups excluding carboxylic acids is 2. The Morgan fingerprint density at radius 1 is 1.17 bits per heavy atom. The van der Waals surface area contributed by atoms with Gasteiger partial charge in [0, 0.05) is 24.8 Å². The van der Waals surface area contributed by atoms with Crippen LogP contribution in [0.25, 0.3) is 0 Å². The molecule has 1 aromatic rings. The van der Waals surface area contributed by atoms with Crippen molar-refractivity contribution in [3.8, 4) is 6.07 Å². The number of benzene rings is 1. The summed E-state index contributed by atoms with van der Waals surface area (Å²) in [6.45, 7) is 3.74. The number of anilines is 1. The lowest BCUT2D eigenvalue weighted by Gasteiger charge is -2.38. The number of amides is 2. The molecule has 0 aromatic heterocycles. The van der Waals surface area contributed by atoms with Crippen molar-refractivity contribution in [3.05, 3.63) is 30.3 Å². The standard InChI is InChI=1S/C24H34N4O2/c1-19(24(30)28(17-9-15-25)22-13-6-3-7-14-22)27-16-8-10-20(18-27)23(29)26-21-11-4-2-5-12-21/h3,6-7,13-14,19-21H,2,4-5,8-12,16-18H2,1H3,(H,26,29). The van der Waals surface area contributed by atoms with Crippen LogP contribution in [0.1, 0.15) is 58.3 Å². The lowest BCUT2D eigenvalue weighted by atomic mass is 9.92. The van der Waals surface area contributed by atoms with Gasteiger partial charge in [0.05, 0.1) is 24.4 Å². The van der Waals surface area contributed by atoms with E-state index in [0.29, 0.717) is 25.6 Å². The van der Waals surface area contributed by atoms with E-state index in [0.717, 1.165) is 37.9 Å². The molecule has 6 heteroatoms. The number of piperidine rings is 1. The third-order valence-corrected chi connectivity index (χ3v) is 6.46. The molecule has 1 saturated carbocycles. The summed E-state index contributed by atoms with van der Waals surface area (Å²) in [5.74, 6) is 0.0839. The molecule has 1 aliphatic heterocycles. The van der Waals surface area contributed by atoms with Crippen molar-refractivity contribution in [2.45, 2.75) is 70.4 Å². The second-order valence-corrected chi connectivity index (χ2v) is 8.59. The quantitative estimate of drug-likeness (QED) is 0.747. The summed E-state index contributed by atoms with van der Waals surface area (Å²) in [5.41, 5.74) is 0.813. The Morgan fingerprint density at radius 2 is 1.90 bits per heavy atom. The summed E-state index contributed by atoms with van der Waals surface area (Å²) < 4.78 is 0. The number of para-hydroxylation sites is 1. The van der Waals surface area contributed by atoms with Crippen molar-refractivity contribution in [2.75, 3.05) is 24.5 Å². The van der Waals surface area contributed by atoms with Gasteiger partial charge in [0.15, 0.2) is 0 Å². The molecule has 1 N–H and O–H groups in total. The van der Waals surface area contributed by atoms with Crippen molar-refractivity contribution in [3.63, 3.8) is 0 Å². The van der Waals surface area contributed by atoms with Gasteiger partial charge < -0.3 is 10.2 Å². The molecule has 2 unspecified atom stereocenters. The Hall–Kier alpha value is -2.39. The van der Waals surface area contributed by atoms with Crippen LogP contribution in [0, 0.1) is 17.2 Å². The number of nitrogens with one attached hydrogen (secondary N) is 1. The van der Waals surface area contributed by atoms with Crippen LogP contribution >= 0.6 is 0 Å². The first-order valence-electron chi connectivity index (χ1n) is 11.4. The molecule has 0 radical (unpaired) electrons. The van der Waals surface area contributed by atoms with E-state index in [2.05, 4.69) is 16.3 Å². The molecule has 2 aliphatic rings. The largest absolute Gasteiger partial charge is 0.353 e. The second-order valence-electron chi connectivity index (χ2n) is 8.59. The fourth-order valence-electron chi connectivity index (χ4n) is 4.66. The maximum atomic E-state index is 13.3. The Kier molecular flexibility index (Phi) is 8.27. The van der Waals surface area contributed by atoms with Gasteiger partial charge in [0.2, 0.25) is 11.8 Å². The summed E-state index contributed by atoms with van der Waals surface area (Å²) in [6.07, 6.45) is 7.93. The molecule has 1 aromatic carbocycles. The van der Waals surface area contributed by atoms with Crippen molar-refractivity contribution < 1.29 is 9.59 Å². The van der Waals surface area contributed by atoms with Crippen molar-refractivity contribution in [2.24, 2.45) is 5.92 Å². The molecule has 0 spiro atoms. The first-order valence-corrected chi connectivity index (χ1v) is 11.4. The fraction of sp³-hybridized carbons (Fsp3) is 0.625. The second kappa shape index (κ2) is 11.1. The van der Waals surface area contributed by atoms with Gasteiger partial charge in [-0.3, -0.25) is 14.5 Å². The maximum Gasteiger partial charge on any atom is 0.244 e. The molecule has 1 saturated heterocycles. The zero-order chi connectivity index (χ0) is 21.3. The molecule has 30 heavy (non-hydrogen) atoms. The zero-order valence-electron chi connectivity index (χ0n) is 18.1. The van der Waals surface area contributed by atoms with Crippen LogP contribution in [0.4, 0.5) is 5.69 Å². The molecule has 6 nitrogen and oxygen atoms in total. The van der Waals surface area contributed by atoms with E-state index in [4.69, 9.17) is 5.26 Å². The molecular formula is C24H34N4O2. The van der Waals surface area contributed by atoms with Crippen LogP contribution in [0.3, 0.4) is 0 Å². The number of hydrogen-bond donors (Lipinski definition) is 1. The third kappa shape index (κ3) is 5.82. The van der Waals surface area contributed by atoms with Crippen LogP contribution in [0.2, 0.25) is 0 Å². The lowest BCUT2D eigenvalue weighted by Crippen LogP contribution is -2.53. The number of nitriles is 1. The maximum absolute atomic E-state index is 13.3. The van der Waals surface area contributed by atoms with Gasteiger partial charge in [-0.25, -0.2) is 0 Å². The molecule has 2 amide bonds. The molecule has 162 valence electrons. The van der Waals surface area contributed by atoms with E-state index in [9.17, 15) is 9.59 Å². The zero-order valence-corrected chi connectivity index (χ0v) is 18.1. The minimum Gasteiger partial charge on any atom is -0.353 e. The first kappa shape index (κ1) is 22.3. The number of hydrogen-bond acceptors (Lipinski definition) is 4. The van der Waals surface area contributed by atoms with E-state index >= 15 is 0 Å². The Morgan fingerprint density at radius 3 is 2.60 bits per heavy atom. The molecule has 2 atom stereocenters. The summed E-state index contributed by atoms with van der Waals surface area (Å²) in [7, 11) is 0. The topological polar surface area (TPSA) is 76.4 Å². The van der Waals surface area contributed by atoms with Gasteiger partial charge in [-0.1, -0.05) is 37.5 Å². The molecule has 2 fully saturated rings. The highest BCUT2D eigenvalue weighted by molar-refractivity contribution is 5.97. The Labute approximate surface area is 180 Å². The van der Waals surface area contributed by atoms with Crippen molar-refractivity contribution in [1.29, 1.82) is 5.26 Å². The average molecular weight is 411 g/mol. The summed E-state index contributed by atoms with van der Waals surface area (Å²) >= 11 is 0. The van der Waals surface area contributed by atoms with Gasteiger partial charge in [0.25, 0.3) is 0 Å². The fourth-order valence-corrected chi connectivity index (χ4v) is 4.66. The predicted octanol–water partition coefficient (Wildman–Crippen LogP) is 3.48. The summed E-state index contributed by atoms with van der Waals surface area (Å²) in [4.78, 5) is 30.0. The van der Waals surface area contributed by atoms with Gasteiger partial charge >= 0.3 is 0 Å². The third-order valence-electron chi connectivity index (χ3n) is 6.46. The molecule has 0 bridgehead atoms. The van der Waals surface area contributed by atoms with Crippen molar-refractivity contribution >= 4 is 17.5 Å². The van der Waals surface area contributed by atoms with Gasteiger partial charge in [-0.05, 0) is 51.3 Å².